The summed E-state index contributed by atoms with van der Waals surface area (Å²) in [7, 11) is 0. The standard InChI is InChI=1S/C15H19N5O2/c1-2-10-4-3-7-19-13(21)8-12(11-5-6-17-9-18-11)20(14(10)19)15(16)22/h5-6,8-10,14H,2-4,7H2,1H3,(H2,16,22). The number of hydrogen-bond donors (Lipinski definition) is 1. The van der Waals surface area contributed by atoms with Gasteiger partial charge in [-0.1, -0.05) is 6.92 Å². The molecule has 0 radical (unpaired) electrons. The monoisotopic (exact) mass is 301 g/mol. The minimum atomic E-state index is -0.562. The Morgan fingerprint density at radius 3 is 2.95 bits per heavy atom. The fourth-order valence-electron chi connectivity index (χ4n) is 3.37. The number of nitrogens with zero attached hydrogens (tertiary/aromatic N) is 4. The molecule has 1 aromatic rings. The van der Waals surface area contributed by atoms with Crippen LogP contribution in [0.15, 0.2) is 24.7 Å². The van der Waals surface area contributed by atoms with E-state index in [9.17, 15) is 9.59 Å². The van der Waals surface area contributed by atoms with Crippen LogP contribution in [0.4, 0.5) is 4.79 Å². The molecule has 0 aliphatic carbocycles. The lowest BCUT2D eigenvalue weighted by atomic mass is 9.89. The van der Waals surface area contributed by atoms with E-state index >= 15 is 0 Å². The average molecular weight is 301 g/mol. The summed E-state index contributed by atoms with van der Waals surface area (Å²) in [5.41, 5.74) is 6.62. The fourth-order valence-corrected chi connectivity index (χ4v) is 3.37. The van der Waals surface area contributed by atoms with Crippen LogP contribution in [-0.2, 0) is 4.79 Å². The Morgan fingerprint density at radius 1 is 1.50 bits per heavy atom. The molecule has 1 fully saturated rings. The minimum Gasteiger partial charge on any atom is -0.351 e. The zero-order valence-corrected chi connectivity index (χ0v) is 12.5. The normalized spacial score (nSPS) is 24.8. The highest BCUT2D eigenvalue weighted by Crippen LogP contribution is 2.36. The van der Waals surface area contributed by atoms with Gasteiger partial charge < -0.3 is 10.6 Å². The van der Waals surface area contributed by atoms with Crippen molar-refractivity contribution in [2.45, 2.75) is 32.4 Å². The van der Waals surface area contributed by atoms with Gasteiger partial charge in [-0.15, -0.1) is 0 Å². The van der Waals surface area contributed by atoms with Crippen molar-refractivity contribution < 1.29 is 9.59 Å². The van der Waals surface area contributed by atoms with Crippen molar-refractivity contribution in [3.8, 4) is 0 Å². The Kier molecular flexibility index (Phi) is 3.79. The minimum absolute atomic E-state index is 0.0886. The highest BCUT2D eigenvalue weighted by molar-refractivity contribution is 6.00. The third kappa shape index (κ3) is 2.32. The molecule has 1 aromatic heterocycles. The maximum absolute atomic E-state index is 12.5. The molecular formula is C15H19N5O2. The summed E-state index contributed by atoms with van der Waals surface area (Å²) in [6.07, 6.45) is 6.91. The van der Waals surface area contributed by atoms with Crippen LogP contribution in [0.1, 0.15) is 31.9 Å². The zero-order valence-electron chi connectivity index (χ0n) is 12.5. The quantitative estimate of drug-likeness (QED) is 0.888. The Balaban J connectivity index is 2.09. The number of primary amides is 1. The molecule has 22 heavy (non-hydrogen) atoms. The number of rotatable bonds is 2. The number of fused-ring (bicyclic) bond motifs is 1. The molecule has 2 aliphatic heterocycles. The molecule has 3 amide bonds. The predicted molar refractivity (Wildman–Crippen MR) is 79.9 cm³/mol. The number of aromatic nitrogens is 2. The van der Waals surface area contributed by atoms with Crippen molar-refractivity contribution >= 4 is 17.6 Å². The summed E-state index contributed by atoms with van der Waals surface area (Å²) in [6, 6.07) is 1.11. The number of piperidine rings is 1. The second-order valence-corrected chi connectivity index (χ2v) is 5.59. The van der Waals surface area contributed by atoms with Crippen molar-refractivity contribution in [3.63, 3.8) is 0 Å². The van der Waals surface area contributed by atoms with Gasteiger partial charge in [0, 0.05) is 18.8 Å². The largest absolute Gasteiger partial charge is 0.351 e. The van der Waals surface area contributed by atoms with Crippen molar-refractivity contribution in [1.82, 2.24) is 19.8 Å². The Labute approximate surface area is 128 Å². The first-order valence-corrected chi connectivity index (χ1v) is 7.50. The van der Waals surface area contributed by atoms with Crippen molar-refractivity contribution in [3.05, 3.63) is 30.4 Å². The van der Waals surface area contributed by atoms with E-state index in [1.165, 1.54) is 17.3 Å². The molecule has 116 valence electrons. The van der Waals surface area contributed by atoms with E-state index in [0.29, 0.717) is 17.9 Å². The highest BCUT2D eigenvalue weighted by Gasteiger charge is 2.43. The van der Waals surface area contributed by atoms with Gasteiger partial charge in [0.2, 0.25) is 5.91 Å². The molecule has 2 unspecified atom stereocenters. The number of hydrogen-bond acceptors (Lipinski definition) is 4. The van der Waals surface area contributed by atoms with Gasteiger partial charge in [0.15, 0.2) is 0 Å². The first-order valence-electron chi connectivity index (χ1n) is 7.50. The van der Waals surface area contributed by atoms with E-state index < -0.39 is 6.03 Å². The first kappa shape index (κ1) is 14.5. The maximum Gasteiger partial charge on any atom is 0.321 e. The van der Waals surface area contributed by atoms with Crippen LogP contribution < -0.4 is 5.73 Å². The van der Waals surface area contributed by atoms with E-state index in [1.807, 2.05) is 0 Å². The van der Waals surface area contributed by atoms with Gasteiger partial charge >= 0.3 is 6.03 Å². The third-order valence-electron chi connectivity index (χ3n) is 4.39. The van der Waals surface area contributed by atoms with Crippen LogP contribution in [0.5, 0.6) is 0 Å². The van der Waals surface area contributed by atoms with Crippen LogP contribution in [0.25, 0.3) is 5.70 Å². The van der Waals surface area contributed by atoms with Gasteiger partial charge in [0.1, 0.15) is 12.5 Å². The summed E-state index contributed by atoms with van der Waals surface area (Å²) in [4.78, 5) is 35.8. The molecule has 1 saturated heterocycles. The van der Waals surface area contributed by atoms with Crippen LogP contribution in [0, 0.1) is 5.92 Å². The smallest absolute Gasteiger partial charge is 0.321 e. The number of urea groups is 1. The zero-order chi connectivity index (χ0) is 15.7. The molecule has 2 aliphatic rings. The molecule has 0 bridgehead atoms. The number of amides is 3. The van der Waals surface area contributed by atoms with E-state index in [1.54, 1.807) is 17.2 Å². The molecule has 2 N–H and O–H groups in total. The Hall–Kier alpha value is -2.44. The second kappa shape index (κ2) is 5.75. The summed E-state index contributed by atoms with van der Waals surface area (Å²) in [5.74, 6) is 0.130. The van der Waals surface area contributed by atoms with Crippen LogP contribution >= 0.6 is 0 Å². The lowest BCUT2D eigenvalue weighted by Gasteiger charge is -2.48. The molecule has 0 aromatic carbocycles. The third-order valence-corrected chi connectivity index (χ3v) is 4.39. The fraction of sp³-hybridized carbons (Fsp3) is 0.467. The van der Waals surface area contributed by atoms with Gasteiger partial charge in [0.25, 0.3) is 0 Å². The molecule has 0 saturated carbocycles. The number of carbonyl (C=O) groups is 2. The SMILES string of the molecule is CCC1CCCN2C(=O)C=C(c3ccncn3)N(C(N)=O)C12. The van der Waals surface area contributed by atoms with Gasteiger partial charge in [-0.05, 0) is 31.2 Å². The molecule has 2 atom stereocenters. The molecule has 0 spiro atoms. The van der Waals surface area contributed by atoms with Crippen molar-refractivity contribution in [2.75, 3.05) is 6.54 Å². The lowest BCUT2D eigenvalue weighted by molar-refractivity contribution is -0.136. The Bertz CT molecular complexity index is 616. The Morgan fingerprint density at radius 2 is 2.32 bits per heavy atom. The number of carbonyl (C=O) groups excluding carboxylic acids is 2. The second-order valence-electron chi connectivity index (χ2n) is 5.59. The summed E-state index contributed by atoms with van der Waals surface area (Å²) in [6.45, 7) is 2.72. The summed E-state index contributed by atoms with van der Waals surface area (Å²) >= 11 is 0. The molecule has 3 heterocycles. The van der Waals surface area contributed by atoms with Crippen molar-refractivity contribution in [1.29, 1.82) is 0 Å². The van der Waals surface area contributed by atoms with E-state index in [0.717, 1.165) is 19.3 Å². The number of nitrogens with two attached hydrogens (primary N) is 1. The molecular weight excluding hydrogens is 282 g/mol. The molecule has 7 heteroatoms. The van der Waals surface area contributed by atoms with E-state index in [4.69, 9.17) is 5.73 Å². The van der Waals surface area contributed by atoms with Crippen LogP contribution in [0.3, 0.4) is 0 Å². The van der Waals surface area contributed by atoms with Gasteiger partial charge in [-0.25, -0.2) is 14.8 Å². The van der Waals surface area contributed by atoms with E-state index in [-0.39, 0.29) is 18.0 Å². The maximum atomic E-state index is 12.5. The average Bonchev–Trinajstić information content (AvgIpc) is 2.54. The van der Waals surface area contributed by atoms with Gasteiger partial charge in [0.05, 0.1) is 11.4 Å². The van der Waals surface area contributed by atoms with Gasteiger partial charge in [-0.3, -0.25) is 9.69 Å². The molecule has 3 rings (SSSR count). The van der Waals surface area contributed by atoms with Crippen LogP contribution in [0.2, 0.25) is 0 Å². The molecule has 7 nitrogen and oxygen atoms in total. The first-order chi connectivity index (χ1) is 10.6. The highest BCUT2D eigenvalue weighted by atomic mass is 16.2. The van der Waals surface area contributed by atoms with Crippen LogP contribution in [-0.4, -0.2) is 44.4 Å². The topological polar surface area (TPSA) is 92.4 Å². The summed E-state index contributed by atoms with van der Waals surface area (Å²) in [5, 5.41) is 0. The summed E-state index contributed by atoms with van der Waals surface area (Å²) < 4.78 is 0. The predicted octanol–water partition coefficient (Wildman–Crippen LogP) is 1.19. The van der Waals surface area contributed by atoms with E-state index in [2.05, 4.69) is 16.9 Å². The van der Waals surface area contributed by atoms with Crippen molar-refractivity contribution in [2.24, 2.45) is 11.7 Å². The lowest BCUT2D eigenvalue weighted by Crippen LogP contribution is -2.61. The van der Waals surface area contributed by atoms with Gasteiger partial charge in [-0.2, -0.15) is 0 Å².